The van der Waals surface area contributed by atoms with Crippen molar-refractivity contribution in [2.75, 3.05) is 19.7 Å². The first-order valence-corrected chi connectivity index (χ1v) is 5.89. The highest BCUT2D eigenvalue weighted by Gasteiger charge is 2.07. The molecule has 2 N–H and O–H groups in total. The Kier molecular flexibility index (Phi) is 5.70. The molecule has 0 fully saturated rings. The first kappa shape index (κ1) is 14.0. The van der Waals surface area contributed by atoms with Crippen molar-refractivity contribution < 1.29 is 14.3 Å². The molecule has 18 heavy (non-hydrogen) atoms. The molecule has 2 amide bonds. The summed E-state index contributed by atoms with van der Waals surface area (Å²) >= 11 is 0. The average molecular weight is 250 g/mol. The summed E-state index contributed by atoms with van der Waals surface area (Å²) in [5, 5.41) is 5.26. The smallest absolute Gasteiger partial charge is 0.407 e. The molecule has 0 aromatic heterocycles. The number of ether oxygens (including phenoxy) is 1. The van der Waals surface area contributed by atoms with Crippen LogP contribution in [0, 0.1) is 6.92 Å². The van der Waals surface area contributed by atoms with E-state index in [4.69, 9.17) is 0 Å². The number of aryl methyl sites for hydroxylation is 1. The molecule has 5 nitrogen and oxygen atoms in total. The molecule has 0 aliphatic heterocycles. The molecule has 5 heteroatoms. The van der Waals surface area contributed by atoms with E-state index in [2.05, 4.69) is 15.4 Å². The van der Waals surface area contributed by atoms with Crippen LogP contribution in [0.3, 0.4) is 0 Å². The molecule has 0 aliphatic carbocycles. The minimum atomic E-state index is -0.470. The van der Waals surface area contributed by atoms with Gasteiger partial charge in [0.1, 0.15) is 0 Å². The minimum absolute atomic E-state index is 0.140. The number of hydrogen-bond donors (Lipinski definition) is 2. The van der Waals surface area contributed by atoms with E-state index in [1.807, 2.05) is 25.1 Å². The van der Waals surface area contributed by atoms with Gasteiger partial charge in [0.25, 0.3) is 5.91 Å². The summed E-state index contributed by atoms with van der Waals surface area (Å²) in [6.45, 7) is 4.66. The van der Waals surface area contributed by atoms with Crippen LogP contribution in [-0.2, 0) is 4.74 Å². The molecule has 0 saturated heterocycles. The number of alkyl carbamates (subject to hydrolysis) is 1. The second-order valence-corrected chi connectivity index (χ2v) is 3.72. The van der Waals surface area contributed by atoms with E-state index in [9.17, 15) is 9.59 Å². The fourth-order valence-electron chi connectivity index (χ4n) is 1.45. The SMILES string of the molecule is CCOC(=O)NCCNC(=O)c1ccccc1C. The van der Waals surface area contributed by atoms with E-state index in [0.29, 0.717) is 25.3 Å². The standard InChI is InChI=1S/C13H18N2O3/c1-3-18-13(17)15-9-8-14-12(16)11-7-5-4-6-10(11)2/h4-7H,3,8-9H2,1-2H3,(H,14,16)(H,15,17). The molecule has 0 radical (unpaired) electrons. The van der Waals surface area contributed by atoms with Crippen molar-refractivity contribution >= 4 is 12.0 Å². The number of carbonyl (C=O) groups excluding carboxylic acids is 2. The Labute approximate surface area is 107 Å². The van der Waals surface area contributed by atoms with Gasteiger partial charge in [0.05, 0.1) is 6.61 Å². The van der Waals surface area contributed by atoms with Gasteiger partial charge in [0, 0.05) is 18.7 Å². The van der Waals surface area contributed by atoms with E-state index >= 15 is 0 Å². The number of rotatable bonds is 5. The van der Waals surface area contributed by atoms with Gasteiger partial charge in [-0.05, 0) is 25.5 Å². The predicted molar refractivity (Wildman–Crippen MR) is 68.5 cm³/mol. The van der Waals surface area contributed by atoms with Gasteiger partial charge >= 0.3 is 6.09 Å². The van der Waals surface area contributed by atoms with E-state index in [1.54, 1.807) is 13.0 Å². The van der Waals surface area contributed by atoms with Crippen LogP contribution >= 0.6 is 0 Å². The lowest BCUT2D eigenvalue weighted by Crippen LogP contribution is -2.35. The molecular weight excluding hydrogens is 232 g/mol. The van der Waals surface area contributed by atoms with E-state index in [1.165, 1.54) is 0 Å². The normalized spacial score (nSPS) is 9.67. The van der Waals surface area contributed by atoms with Gasteiger partial charge in [-0.2, -0.15) is 0 Å². The lowest BCUT2D eigenvalue weighted by molar-refractivity contribution is 0.0951. The zero-order valence-electron chi connectivity index (χ0n) is 10.7. The van der Waals surface area contributed by atoms with Crippen molar-refractivity contribution in [3.8, 4) is 0 Å². The first-order valence-electron chi connectivity index (χ1n) is 5.89. The fourth-order valence-corrected chi connectivity index (χ4v) is 1.45. The molecule has 0 heterocycles. The lowest BCUT2D eigenvalue weighted by atomic mass is 10.1. The van der Waals surface area contributed by atoms with Crippen molar-refractivity contribution in [2.24, 2.45) is 0 Å². The number of hydrogen-bond acceptors (Lipinski definition) is 3. The topological polar surface area (TPSA) is 67.4 Å². The number of carbonyl (C=O) groups is 2. The summed E-state index contributed by atoms with van der Waals surface area (Å²) in [7, 11) is 0. The Morgan fingerprint density at radius 3 is 2.50 bits per heavy atom. The maximum Gasteiger partial charge on any atom is 0.407 e. The molecular formula is C13H18N2O3. The molecule has 1 aromatic rings. The van der Waals surface area contributed by atoms with Gasteiger partial charge in [-0.1, -0.05) is 18.2 Å². The lowest BCUT2D eigenvalue weighted by Gasteiger charge is -2.08. The van der Waals surface area contributed by atoms with Gasteiger partial charge in [0.15, 0.2) is 0 Å². The Balaban J connectivity index is 2.30. The molecule has 1 aromatic carbocycles. The largest absolute Gasteiger partial charge is 0.450 e. The summed E-state index contributed by atoms with van der Waals surface area (Å²) in [5.41, 5.74) is 1.57. The van der Waals surface area contributed by atoms with E-state index in [-0.39, 0.29) is 5.91 Å². The Bertz CT molecular complexity index is 418. The minimum Gasteiger partial charge on any atom is -0.450 e. The highest BCUT2D eigenvalue weighted by Crippen LogP contribution is 2.05. The van der Waals surface area contributed by atoms with Crippen LogP contribution in [0.25, 0.3) is 0 Å². The predicted octanol–water partition coefficient (Wildman–Crippen LogP) is 1.47. The maximum atomic E-state index is 11.8. The quantitative estimate of drug-likeness (QED) is 0.778. The first-order chi connectivity index (χ1) is 8.65. The van der Waals surface area contributed by atoms with Crippen molar-refractivity contribution in [3.05, 3.63) is 35.4 Å². The van der Waals surface area contributed by atoms with Gasteiger partial charge in [0.2, 0.25) is 0 Å². The van der Waals surface area contributed by atoms with Gasteiger partial charge < -0.3 is 15.4 Å². The second kappa shape index (κ2) is 7.32. The van der Waals surface area contributed by atoms with Crippen LogP contribution in [0.2, 0.25) is 0 Å². The maximum absolute atomic E-state index is 11.8. The Morgan fingerprint density at radius 1 is 1.17 bits per heavy atom. The zero-order chi connectivity index (χ0) is 13.4. The molecule has 0 unspecified atom stereocenters. The van der Waals surface area contributed by atoms with Crippen molar-refractivity contribution in [1.82, 2.24) is 10.6 Å². The molecule has 1 rings (SSSR count). The van der Waals surface area contributed by atoms with Crippen molar-refractivity contribution in [2.45, 2.75) is 13.8 Å². The van der Waals surface area contributed by atoms with Crippen LogP contribution in [-0.4, -0.2) is 31.7 Å². The van der Waals surface area contributed by atoms with Crippen molar-refractivity contribution in [1.29, 1.82) is 0 Å². The highest BCUT2D eigenvalue weighted by atomic mass is 16.5. The molecule has 0 aliphatic rings. The van der Waals surface area contributed by atoms with Crippen LogP contribution in [0.4, 0.5) is 4.79 Å². The monoisotopic (exact) mass is 250 g/mol. The van der Waals surface area contributed by atoms with Crippen LogP contribution < -0.4 is 10.6 Å². The molecule has 0 atom stereocenters. The Hall–Kier alpha value is -2.04. The second-order valence-electron chi connectivity index (χ2n) is 3.72. The molecule has 0 saturated carbocycles. The number of nitrogens with one attached hydrogen (secondary N) is 2. The average Bonchev–Trinajstić information content (AvgIpc) is 2.35. The number of amides is 2. The fraction of sp³-hybridized carbons (Fsp3) is 0.385. The highest BCUT2D eigenvalue weighted by molar-refractivity contribution is 5.95. The van der Waals surface area contributed by atoms with Gasteiger partial charge in [-0.25, -0.2) is 4.79 Å². The third-order valence-corrected chi connectivity index (χ3v) is 2.35. The summed E-state index contributed by atoms with van der Waals surface area (Å²) in [5.74, 6) is -0.140. The third kappa shape index (κ3) is 4.45. The molecule has 98 valence electrons. The summed E-state index contributed by atoms with van der Waals surface area (Å²) in [6.07, 6.45) is -0.470. The Morgan fingerprint density at radius 2 is 1.83 bits per heavy atom. The summed E-state index contributed by atoms with van der Waals surface area (Å²) in [6, 6.07) is 7.35. The summed E-state index contributed by atoms with van der Waals surface area (Å²) in [4.78, 5) is 22.7. The van der Waals surface area contributed by atoms with E-state index in [0.717, 1.165) is 5.56 Å². The number of benzene rings is 1. The van der Waals surface area contributed by atoms with Crippen LogP contribution in [0.5, 0.6) is 0 Å². The molecule has 0 bridgehead atoms. The van der Waals surface area contributed by atoms with Gasteiger partial charge in [-0.15, -0.1) is 0 Å². The third-order valence-electron chi connectivity index (χ3n) is 2.35. The van der Waals surface area contributed by atoms with Gasteiger partial charge in [-0.3, -0.25) is 4.79 Å². The summed E-state index contributed by atoms with van der Waals surface area (Å²) < 4.78 is 4.69. The van der Waals surface area contributed by atoms with E-state index < -0.39 is 6.09 Å². The molecule has 0 spiro atoms. The van der Waals surface area contributed by atoms with Crippen LogP contribution in [0.1, 0.15) is 22.8 Å². The zero-order valence-corrected chi connectivity index (χ0v) is 10.7. The van der Waals surface area contributed by atoms with Crippen LogP contribution in [0.15, 0.2) is 24.3 Å². The van der Waals surface area contributed by atoms with Crippen molar-refractivity contribution in [3.63, 3.8) is 0 Å².